The van der Waals surface area contributed by atoms with Gasteiger partial charge in [-0.15, -0.1) is 0 Å². The molecule has 0 atom stereocenters. The van der Waals surface area contributed by atoms with Crippen LogP contribution in [0.5, 0.6) is 0 Å². The van der Waals surface area contributed by atoms with E-state index in [0.717, 1.165) is 21.0 Å². The molecule has 0 saturated carbocycles. The van der Waals surface area contributed by atoms with Crippen molar-refractivity contribution < 1.29 is 9.21 Å². The largest absolute Gasteiger partial charge is 0.451 e. The normalized spacial score (nSPS) is 10.8. The van der Waals surface area contributed by atoms with Crippen LogP contribution >= 0.6 is 15.9 Å². The molecule has 0 bridgehead atoms. The molecular formula is C16H13BrN2O2. The number of rotatable bonds is 2. The van der Waals surface area contributed by atoms with E-state index in [4.69, 9.17) is 4.42 Å². The average Bonchev–Trinajstić information content (AvgIpc) is 2.79. The Labute approximate surface area is 130 Å². The molecule has 2 aromatic heterocycles. The van der Waals surface area contributed by atoms with Crippen molar-refractivity contribution in [1.29, 1.82) is 0 Å². The molecule has 0 aliphatic carbocycles. The lowest BCUT2D eigenvalue weighted by atomic mass is 10.1. The Hall–Kier alpha value is -2.14. The number of aromatic nitrogens is 1. The van der Waals surface area contributed by atoms with Crippen molar-refractivity contribution in [3.8, 4) is 0 Å². The number of amides is 1. The lowest BCUT2D eigenvalue weighted by Crippen LogP contribution is -2.14. The molecule has 0 aliphatic rings. The Balaban J connectivity index is 1.99. The number of pyridine rings is 1. The lowest BCUT2D eigenvalue weighted by molar-refractivity contribution is 0.0997. The van der Waals surface area contributed by atoms with Gasteiger partial charge in [0, 0.05) is 21.6 Å². The summed E-state index contributed by atoms with van der Waals surface area (Å²) in [6, 6.07) is 9.39. The van der Waals surface area contributed by atoms with E-state index in [0.29, 0.717) is 17.2 Å². The van der Waals surface area contributed by atoms with Crippen molar-refractivity contribution in [2.24, 2.45) is 0 Å². The number of benzene rings is 1. The van der Waals surface area contributed by atoms with Crippen molar-refractivity contribution >= 4 is 38.6 Å². The molecule has 0 aliphatic heterocycles. The number of carbonyl (C=O) groups excluding carboxylic acids is 1. The summed E-state index contributed by atoms with van der Waals surface area (Å²) in [5.41, 5.74) is 2.42. The molecule has 1 N–H and O–H groups in total. The van der Waals surface area contributed by atoms with Crippen LogP contribution in [0.1, 0.15) is 21.7 Å². The fourth-order valence-electron chi connectivity index (χ4n) is 2.19. The summed E-state index contributed by atoms with van der Waals surface area (Å²) in [6.45, 7) is 3.77. The number of fused-ring (bicyclic) bond motifs is 1. The number of aryl methyl sites for hydroxylation is 2. The highest BCUT2D eigenvalue weighted by Gasteiger charge is 2.18. The van der Waals surface area contributed by atoms with Crippen LogP contribution in [0.15, 0.2) is 45.4 Å². The van der Waals surface area contributed by atoms with Gasteiger partial charge in [0.05, 0.1) is 0 Å². The Kier molecular flexibility index (Phi) is 3.51. The molecule has 1 amide bonds. The van der Waals surface area contributed by atoms with Crippen molar-refractivity contribution in [3.05, 3.63) is 57.9 Å². The molecule has 0 unspecified atom stereocenters. The summed E-state index contributed by atoms with van der Waals surface area (Å²) < 4.78 is 6.62. The van der Waals surface area contributed by atoms with Crippen LogP contribution in [-0.4, -0.2) is 10.9 Å². The van der Waals surface area contributed by atoms with Gasteiger partial charge < -0.3 is 9.73 Å². The molecule has 0 spiro atoms. The summed E-state index contributed by atoms with van der Waals surface area (Å²) in [7, 11) is 0. The zero-order valence-electron chi connectivity index (χ0n) is 11.6. The van der Waals surface area contributed by atoms with E-state index < -0.39 is 0 Å². The number of nitrogens with one attached hydrogen (secondary N) is 1. The monoisotopic (exact) mass is 344 g/mol. The van der Waals surface area contributed by atoms with Gasteiger partial charge in [-0.25, -0.2) is 4.98 Å². The van der Waals surface area contributed by atoms with E-state index in [9.17, 15) is 4.79 Å². The third kappa shape index (κ3) is 2.56. The fraction of sp³-hybridized carbons (Fsp3) is 0.125. The Morgan fingerprint density at radius 1 is 1.29 bits per heavy atom. The van der Waals surface area contributed by atoms with Crippen LogP contribution in [-0.2, 0) is 0 Å². The maximum atomic E-state index is 12.4. The number of nitrogens with zero attached hydrogens (tertiary/aromatic N) is 1. The molecule has 0 fully saturated rings. The van der Waals surface area contributed by atoms with Crippen molar-refractivity contribution in [1.82, 2.24) is 4.98 Å². The number of carbonyl (C=O) groups is 1. The van der Waals surface area contributed by atoms with Crippen LogP contribution < -0.4 is 5.32 Å². The SMILES string of the molecule is Cc1cccnc1NC(=O)c1oc2ccc(Br)cc2c1C. The molecule has 3 rings (SSSR count). The molecule has 5 heteroatoms. The second kappa shape index (κ2) is 5.33. The molecule has 2 heterocycles. The number of hydrogen-bond donors (Lipinski definition) is 1. The van der Waals surface area contributed by atoms with E-state index in [1.165, 1.54) is 0 Å². The van der Waals surface area contributed by atoms with Crippen LogP contribution in [0, 0.1) is 13.8 Å². The highest BCUT2D eigenvalue weighted by molar-refractivity contribution is 9.10. The van der Waals surface area contributed by atoms with Crippen molar-refractivity contribution in [2.75, 3.05) is 5.32 Å². The van der Waals surface area contributed by atoms with Crippen LogP contribution in [0.3, 0.4) is 0 Å². The van der Waals surface area contributed by atoms with Gasteiger partial charge in [-0.2, -0.15) is 0 Å². The third-order valence-corrected chi connectivity index (χ3v) is 3.84. The topological polar surface area (TPSA) is 55.1 Å². The highest BCUT2D eigenvalue weighted by Crippen LogP contribution is 2.28. The maximum absolute atomic E-state index is 12.4. The smallest absolute Gasteiger partial charge is 0.292 e. The predicted octanol–water partition coefficient (Wildman–Crippen LogP) is 4.46. The van der Waals surface area contributed by atoms with E-state index in [1.807, 2.05) is 44.2 Å². The second-order valence-corrected chi connectivity index (χ2v) is 5.74. The first-order valence-electron chi connectivity index (χ1n) is 6.48. The Bertz CT molecular complexity index is 839. The first-order chi connectivity index (χ1) is 10.1. The molecular weight excluding hydrogens is 332 g/mol. The predicted molar refractivity (Wildman–Crippen MR) is 85.6 cm³/mol. The van der Waals surface area contributed by atoms with Gasteiger partial charge >= 0.3 is 0 Å². The molecule has 3 aromatic rings. The molecule has 106 valence electrons. The van der Waals surface area contributed by atoms with Gasteiger partial charge in [0.2, 0.25) is 0 Å². The first kappa shape index (κ1) is 13.8. The summed E-state index contributed by atoms with van der Waals surface area (Å²) in [4.78, 5) is 16.5. The van der Waals surface area contributed by atoms with Gasteiger partial charge in [-0.05, 0) is 43.7 Å². The fourth-order valence-corrected chi connectivity index (χ4v) is 2.55. The lowest BCUT2D eigenvalue weighted by Gasteiger charge is -2.05. The highest BCUT2D eigenvalue weighted by atomic mass is 79.9. The van der Waals surface area contributed by atoms with E-state index in [2.05, 4.69) is 26.2 Å². The minimum absolute atomic E-state index is 0.290. The standard InChI is InChI=1S/C16H13BrN2O2/c1-9-4-3-7-18-15(9)19-16(20)14-10(2)12-8-11(17)5-6-13(12)21-14/h3-8H,1-2H3,(H,18,19,20). The van der Waals surface area contributed by atoms with E-state index in [-0.39, 0.29) is 5.91 Å². The van der Waals surface area contributed by atoms with E-state index in [1.54, 1.807) is 6.20 Å². The third-order valence-electron chi connectivity index (χ3n) is 3.35. The summed E-state index contributed by atoms with van der Waals surface area (Å²) >= 11 is 3.42. The quantitative estimate of drug-likeness (QED) is 0.746. The minimum atomic E-state index is -0.290. The minimum Gasteiger partial charge on any atom is -0.451 e. The Morgan fingerprint density at radius 3 is 2.86 bits per heavy atom. The van der Waals surface area contributed by atoms with Crippen LogP contribution in [0.25, 0.3) is 11.0 Å². The summed E-state index contributed by atoms with van der Waals surface area (Å²) in [6.07, 6.45) is 1.64. The van der Waals surface area contributed by atoms with Gasteiger partial charge in [0.15, 0.2) is 5.76 Å². The summed E-state index contributed by atoms with van der Waals surface area (Å²) in [5, 5.41) is 3.71. The van der Waals surface area contributed by atoms with Crippen LogP contribution in [0.4, 0.5) is 5.82 Å². The molecule has 4 nitrogen and oxygen atoms in total. The first-order valence-corrected chi connectivity index (χ1v) is 7.27. The van der Waals surface area contributed by atoms with Gasteiger partial charge in [0.25, 0.3) is 5.91 Å². The number of hydrogen-bond acceptors (Lipinski definition) is 3. The zero-order valence-corrected chi connectivity index (χ0v) is 13.2. The van der Waals surface area contributed by atoms with Crippen molar-refractivity contribution in [3.63, 3.8) is 0 Å². The summed E-state index contributed by atoms with van der Waals surface area (Å²) in [5.74, 6) is 0.568. The van der Waals surface area contributed by atoms with E-state index >= 15 is 0 Å². The average molecular weight is 345 g/mol. The molecule has 1 aromatic carbocycles. The Morgan fingerprint density at radius 2 is 2.10 bits per heavy atom. The number of furan rings is 1. The van der Waals surface area contributed by atoms with Gasteiger partial charge in [-0.3, -0.25) is 4.79 Å². The maximum Gasteiger partial charge on any atom is 0.292 e. The molecule has 0 radical (unpaired) electrons. The van der Waals surface area contributed by atoms with Crippen LogP contribution in [0.2, 0.25) is 0 Å². The van der Waals surface area contributed by atoms with Gasteiger partial charge in [-0.1, -0.05) is 22.0 Å². The number of halogens is 1. The second-order valence-electron chi connectivity index (χ2n) is 4.82. The molecule has 21 heavy (non-hydrogen) atoms. The van der Waals surface area contributed by atoms with Crippen molar-refractivity contribution in [2.45, 2.75) is 13.8 Å². The zero-order chi connectivity index (χ0) is 15.0. The molecule has 0 saturated heterocycles. The number of anilines is 1. The van der Waals surface area contributed by atoms with Gasteiger partial charge in [0.1, 0.15) is 11.4 Å².